The van der Waals surface area contributed by atoms with E-state index in [0.29, 0.717) is 11.3 Å². The van der Waals surface area contributed by atoms with Crippen LogP contribution < -0.4 is 5.32 Å². The van der Waals surface area contributed by atoms with Gasteiger partial charge in [-0.25, -0.2) is 0 Å². The van der Waals surface area contributed by atoms with Crippen LogP contribution in [0.2, 0.25) is 0 Å². The summed E-state index contributed by atoms with van der Waals surface area (Å²) in [6.45, 7) is 7.85. The molecule has 2 saturated carbocycles. The zero-order valence-corrected chi connectivity index (χ0v) is 12.3. The van der Waals surface area contributed by atoms with E-state index in [2.05, 4.69) is 26.1 Å². The zero-order valence-electron chi connectivity index (χ0n) is 12.3. The zero-order chi connectivity index (χ0) is 13.2. The van der Waals surface area contributed by atoms with Gasteiger partial charge in [0.15, 0.2) is 0 Å². The smallest absolute Gasteiger partial charge is 0.220 e. The summed E-state index contributed by atoms with van der Waals surface area (Å²) in [5.41, 5.74) is 0.708. The molecule has 2 aliphatic rings. The van der Waals surface area contributed by atoms with Crippen LogP contribution in [0.1, 0.15) is 72.1 Å². The van der Waals surface area contributed by atoms with Crippen molar-refractivity contribution < 1.29 is 4.79 Å². The Morgan fingerprint density at radius 2 is 1.78 bits per heavy atom. The molecule has 0 aliphatic heterocycles. The maximum absolute atomic E-state index is 12.1. The largest absolute Gasteiger partial charge is 0.356 e. The molecular weight excluding hydrogens is 222 g/mol. The van der Waals surface area contributed by atoms with Crippen molar-refractivity contribution in [3.8, 4) is 0 Å². The molecule has 18 heavy (non-hydrogen) atoms. The highest BCUT2D eigenvalue weighted by Gasteiger charge is 2.35. The lowest BCUT2D eigenvalue weighted by Crippen LogP contribution is -2.35. The van der Waals surface area contributed by atoms with E-state index in [4.69, 9.17) is 0 Å². The fourth-order valence-corrected chi connectivity index (χ4v) is 3.87. The van der Waals surface area contributed by atoms with Crippen LogP contribution in [0, 0.1) is 16.7 Å². The number of carbonyl (C=O) groups excluding carboxylic acids is 1. The molecule has 0 radical (unpaired) electrons. The van der Waals surface area contributed by atoms with Gasteiger partial charge in [-0.05, 0) is 42.4 Å². The van der Waals surface area contributed by atoms with Gasteiger partial charge < -0.3 is 5.32 Å². The van der Waals surface area contributed by atoms with E-state index in [0.717, 1.165) is 13.0 Å². The molecule has 0 saturated heterocycles. The normalized spacial score (nSPS) is 29.4. The molecule has 0 aromatic rings. The molecule has 1 unspecified atom stereocenters. The van der Waals surface area contributed by atoms with Gasteiger partial charge in [-0.3, -0.25) is 4.79 Å². The van der Waals surface area contributed by atoms with Crippen molar-refractivity contribution in [3.05, 3.63) is 0 Å². The van der Waals surface area contributed by atoms with E-state index in [9.17, 15) is 4.79 Å². The van der Waals surface area contributed by atoms with Crippen LogP contribution >= 0.6 is 0 Å². The third-order valence-corrected chi connectivity index (χ3v) is 5.42. The number of rotatable bonds is 4. The molecule has 1 amide bonds. The quantitative estimate of drug-likeness (QED) is 0.806. The van der Waals surface area contributed by atoms with Gasteiger partial charge in [0.1, 0.15) is 0 Å². The maximum atomic E-state index is 12.1. The van der Waals surface area contributed by atoms with Crippen molar-refractivity contribution in [3.63, 3.8) is 0 Å². The lowest BCUT2D eigenvalue weighted by atomic mass is 9.81. The molecular formula is C16H29NO. The highest BCUT2D eigenvalue weighted by molar-refractivity contribution is 5.76. The Kier molecular flexibility index (Phi) is 4.03. The summed E-state index contributed by atoms with van der Waals surface area (Å²) in [6, 6.07) is 0. The third kappa shape index (κ3) is 3.27. The lowest BCUT2D eigenvalue weighted by molar-refractivity contribution is -0.123. The standard InChI is InChI=1S/C16H29NO/c1-15(2)8-6-7-13(15)12-17-14(18)11-16(3)9-4-5-10-16/h13H,4-12H2,1-3H3,(H,17,18). The number of carbonyl (C=O) groups is 1. The fourth-order valence-electron chi connectivity index (χ4n) is 3.87. The highest BCUT2D eigenvalue weighted by Crippen LogP contribution is 2.42. The summed E-state index contributed by atoms with van der Waals surface area (Å²) in [7, 11) is 0. The van der Waals surface area contributed by atoms with Gasteiger partial charge in [0.05, 0.1) is 0 Å². The average molecular weight is 251 g/mol. The van der Waals surface area contributed by atoms with E-state index in [1.54, 1.807) is 0 Å². The molecule has 104 valence electrons. The first kappa shape index (κ1) is 13.9. The van der Waals surface area contributed by atoms with E-state index in [-0.39, 0.29) is 11.3 Å². The number of nitrogens with one attached hydrogen (secondary N) is 1. The molecule has 2 rings (SSSR count). The minimum atomic E-state index is 0.280. The van der Waals surface area contributed by atoms with Crippen LogP contribution in [0.4, 0.5) is 0 Å². The van der Waals surface area contributed by atoms with Crippen molar-refractivity contribution in [2.24, 2.45) is 16.7 Å². The van der Waals surface area contributed by atoms with Crippen molar-refractivity contribution in [2.45, 2.75) is 72.1 Å². The van der Waals surface area contributed by atoms with Gasteiger partial charge >= 0.3 is 0 Å². The van der Waals surface area contributed by atoms with Gasteiger partial charge in [0.25, 0.3) is 0 Å². The van der Waals surface area contributed by atoms with Crippen molar-refractivity contribution in [2.75, 3.05) is 6.54 Å². The fraction of sp³-hybridized carbons (Fsp3) is 0.938. The predicted molar refractivity (Wildman–Crippen MR) is 75.3 cm³/mol. The van der Waals surface area contributed by atoms with E-state index in [1.165, 1.54) is 44.9 Å². The Bertz CT molecular complexity index is 302. The van der Waals surface area contributed by atoms with Crippen LogP contribution in [0.5, 0.6) is 0 Å². The van der Waals surface area contributed by atoms with Gasteiger partial charge in [-0.15, -0.1) is 0 Å². The molecule has 2 aliphatic carbocycles. The third-order valence-electron chi connectivity index (χ3n) is 5.42. The van der Waals surface area contributed by atoms with E-state index in [1.807, 2.05) is 0 Å². The van der Waals surface area contributed by atoms with Crippen LogP contribution in [0.15, 0.2) is 0 Å². The second-order valence-electron chi connectivity index (χ2n) is 7.58. The molecule has 0 aromatic heterocycles. The Labute approximate surface area is 112 Å². The van der Waals surface area contributed by atoms with Gasteiger partial charge in [-0.2, -0.15) is 0 Å². The molecule has 2 fully saturated rings. The summed E-state index contributed by atoms with van der Waals surface area (Å²) >= 11 is 0. The van der Waals surface area contributed by atoms with Crippen molar-refractivity contribution in [1.29, 1.82) is 0 Å². The summed E-state index contributed by atoms with van der Waals surface area (Å²) in [5, 5.41) is 3.19. The summed E-state index contributed by atoms with van der Waals surface area (Å²) in [4.78, 5) is 12.1. The SMILES string of the molecule is CC1(CC(=O)NCC2CCCC2(C)C)CCCC1. The molecule has 1 atom stereocenters. The first-order valence-corrected chi connectivity index (χ1v) is 7.68. The Morgan fingerprint density at radius 1 is 1.11 bits per heavy atom. The average Bonchev–Trinajstić information content (AvgIpc) is 2.82. The van der Waals surface area contributed by atoms with Gasteiger partial charge in [0, 0.05) is 13.0 Å². The first-order chi connectivity index (χ1) is 8.41. The monoisotopic (exact) mass is 251 g/mol. The van der Waals surface area contributed by atoms with Crippen LogP contribution in [-0.4, -0.2) is 12.5 Å². The van der Waals surface area contributed by atoms with Crippen molar-refractivity contribution >= 4 is 5.91 Å². The number of hydrogen-bond acceptors (Lipinski definition) is 1. The summed E-state index contributed by atoms with van der Waals surface area (Å²) < 4.78 is 0. The molecule has 2 heteroatoms. The van der Waals surface area contributed by atoms with Crippen LogP contribution in [0.25, 0.3) is 0 Å². The number of hydrogen-bond donors (Lipinski definition) is 1. The minimum absolute atomic E-state index is 0.280. The minimum Gasteiger partial charge on any atom is -0.356 e. The molecule has 2 nitrogen and oxygen atoms in total. The summed E-state index contributed by atoms with van der Waals surface area (Å²) in [5.74, 6) is 0.958. The first-order valence-electron chi connectivity index (χ1n) is 7.68. The Balaban J connectivity index is 1.75. The van der Waals surface area contributed by atoms with Gasteiger partial charge in [-0.1, -0.05) is 40.0 Å². The lowest BCUT2D eigenvalue weighted by Gasteiger charge is -2.28. The van der Waals surface area contributed by atoms with Crippen LogP contribution in [-0.2, 0) is 4.79 Å². The molecule has 0 heterocycles. The second-order valence-corrected chi connectivity index (χ2v) is 7.58. The Morgan fingerprint density at radius 3 is 2.33 bits per heavy atom. The van der Waals surface area contributed by atoms with Crippen LogP contribution in [0.3, 0.4) is 0 Å². The summed E-state index contributed by atoms with van der Waals surface area (Å²) in [6.07, 6.45) is 9.73. The second kappa shape index (κ2) is 5.22. The number of amides is 1. The van der Waals surface area contributed by atoms with E-state index < -0.39 is 0 Å². The molecule has 0 aromatic carbocycles. The Hall–Kier alpha value is -0.530. The predicted octanol–water partition coefficient (Wildman–Crippen LogP) is 3.90. The van der Waals surface area contributed by atoms with Gasteiger partial charge in [0.2, 0.25) is 5.91 Å². The topological polar surface area (TPSA) is 29.1 Å². The molecule has 1 N–H and O–H groups in total. The van der Waals surface area contributed by atoms with E-state index >= 15 is 0 Å². The highest BCUT2D eigenvalue weighted by atomic mass is 16.1. The molecule has 0 bridgehead atoms. The maximum Gasteiger partial charge on any atom is 0.220 e. The molecule has 0 spiro atoms. The van der Waals surface area contributed by atoms with Crippen molar-refractivity contribution in [1.82, 2.24) is 5.32 Å².